The van der Waals surface area contributed by atoms with Crippen LogP contribution >= 0.6 is 0 Å². The van der Waals surface area contributed by atoms with Gasteiger partial charge in [-0.2, -0.15) is 4.98 Å². The van der Waals surface area contributed by atoms with Crippen LogP contribution in [-0.4, -0.2) is 73.9 Å². The minimum atomic E-state index is 0.758. The van der Waals surface area contributed by atoms with Gasteiger partial charge in [-0.3, -0.25) is 4.90 Å². The van der Waals surface area contributed by atoms with Crippen LogP contribution in [0.4, 0.5) is 11.8 Å². The van der Waals surface area contributed by atoms with Gasteiger partial charge < -0.3 is 14.5 Å². The molecule has 2 fully saturated rings. The molecule has 3 heterocycles. The number of anilines is 2. The fourth-order valence-corrected chi connectivity index (χ4v) is 3.96. The van der Waals surface area contributed by atoms with Crippen molar-refractivity contribution >= 4 is 11.8 Å². The summed E-state index contributed by atoms with van der Waals surface area (Å²) < 4.78 is 5.46. The lowest BCUT2D eigenvalue weighted by molar-refractivity contribution is 0.122. The van der Waals surface area contributed by atoms with Gasteiger partial charge in [-0.15, -0.1) is 0 Å². The van der Waals surface area contributed by atoms with E-state index in [9.17, 15) is 0 Å². The number of rotatable bonds is 6. The van der Waals surface area contributed by atoms with Gasteiger partial charge in [-0.1, -0.05) is 30.3 Å². The lowest BCUT2D eigenvalue weighted by atomic mass is 10.1. The standard InChI is InChI=1S/C22H31N5O/c1-19-18-21(24-22(23-19)27-14-16-28-17-15-27)26-12-10-25(11-13-26)9-5-8-20-6-3-2-4-7-20/h2-4,6-7,18H,5,8-17H2,1H3. The minimum absolute atomic E-state index is 0.758. The van der Waals surface area contributed by atoms with Crippen LogP contribution in [0.25, 0.3) is 0 Å². The number of hydrogen-bond donors (Lipinski definition) is 0. The summed E-state index contributed by atoms with van der Waals surface area (Å²) in [4.78, 5) is 16.8. The zero-order valence-electron chi connectivity index (χ0n) is 16.9. The molecule has 0 unspecified atom stereocenters. The van der Waals surface area contributed by atoms with E-state index in [-0.39, 0.29) is 0 Å². The third kappa shape index (κ3) is 5.00. The Balaban J connectivity index is 1.29. The molecule has 1 aromatic carbocycles. The van der Waals surface area contributed by atoms with Crippen molar-refractivity contribution in [2.75, 3.05) is 68.8 Å². The Labute approximate surface area is 168 Å². The largest absolute Gasteiger partial charge is 0.378 e. The second kappa shape index (κ2) is 9.34. The molecule has 0 bridgehead atoms. The molecule has 2 aliphatic heterocycles. The van der Waals surface area contributed by atoms with Gasteiger partial charge >= 0.3 is 0 Å². The van der Waals surface area contributed by atoms with Crippen LogP contribution in [0.2, 0.25) is 0 Å². The fraction of sp³-hybridized carbons (Fsp3) is 0.545. The molecule has 150 valence electrons. The lowest BCUT2D eigenvalue weighted by Crippen LogP contribution is -2.47. The highest BCUT2D eigenvalue weighted by Crippen LogP contribution is 2.20. The second-order valence-electron chi connectivity index (χ2n) is 7.68. The first kappa shape index (κ1) is 19.2. The molecular weight excluding hydrogens is 350 g/mol. The molecule has 0 N–H and O–H groups in total. The average molecular weight is 382 g/mol. The van der Waals surface area contributed by atoms with Crippen LogP contribution in [0.15, 0.2) is 36.4 Å². The molecule has 0 saturated carbocycles. The number of ether oxygens (including phenoxy) is 1. The van der Waals surface area contributed by atoms with Gasteiger partial charge in [-0.25, -0.2) is 4.98 Å². The van der Waals surface area contributed by atoms with Crippen molar-refractivity contribution in [2.24, 2.45) is 0 Å². The van der Waals surface area contributed by atoms with Gasteiger partial charge in [0, 0.05) is 51.0 Å². The second-order valence-corrected chi connectivity index (χ2v) is 7.68. The van der Waals surface area contributed by atoms with Gasteiger partial charge in [0.05, 0.1) is 13.2 Å². The molecule has 0 spiro atoms. The zero-order valence-corrected chi connectivity index (χ0v) is 16.9. The summed E-state index contributed by atoms with van der Waals surface area (Å²) >= 11 is 0. The first-order valence-electron chi connectivity index (χ1n) is 10.5. The molecule has 2 saturated heterocycles. The molecule has 2 aliphatic rings. The van der Waals surface area contributed by atoms with Crippen LogP contribution in [0.1, 0.15) is 17.7 Å². The van der Waals surface area contributed by atoms with E-state index in [0.29, 0.717) is 0 Å². The first-order chi connectivity index (χ1) is 13.8. The highest BCUT2D eigenvalue weighted by Gasteiger charge is 2.20. The average Bonchev–Trinajstić information content (AvgIpc) is 2.75. The topological polar surface area (TPSA) is 44.7 Å². The maximum Gasteiger partial charge on any atom is 0.227 e. The van der Waals surface area contributed by atoms with Crippen molar-refractivity contribution in [3.05, 3.63) is 47.7 Å². The Morgan fingerprint density at radius 1 is 0.893 bits per heavy atom. The number of morpholine rings is 1. The van der Waals surface area contributed by atoms with E-state index in [0.717, 1.165) is 76.4 Å². The van der Waals surface area contributed by atoms with Gasteiger partial charge in [0.15, 0.2) is 0 Å². The summed E-state index contributed by atoms with van der Waals surface area (Å²) in [5.74, 6) is 1.92. The summed E-state index contributed by atoms with van der Waals surface area (Å²) in [7, 11) is 0. The predicted octanol–water partition coefficient (Wildman–Crippen LogP) is 2.38. The van der Waals surface area contributed by atoms with E-state index < -0.39 is 0 Å². The van der Waals surface area contributed by atoms with Crippen molar-refractivity contribution in [3.8, 4) is 0 Å². The molecule has 0 amide bonds. The Kier molecular flexibility index (Phi) is 6.39. The third-order valence-corrected chi connectivity index (χ3v) is 5.60. The number of benzene rings is 1. The molecule has 6 nitrogen and oxygen atoms in total. The molecular formula is C22H31N5O. The molecule has 0 aliphatic carbocycles. The molecule has 1 aromatic heterocycles. The quantitative estimate of drug-likeness (QED) is 0.766. The van der Waals surface area contributed by atoms with Gasteiger partial charge in [0.25, 0.3) is 0 Å². The SMILES string of the molecule is Cc1cc(N2CCN(CCCc3ccccc3)CC2)nc(N2CCOCC2)n1. The Hall–Kier alpha value is -2.18. The summed E-state index contributed by atoms with van der Waals surface area (Å²) in [5, 5.41) is 0. The summed E-state index contributed by atoms with van der Waals surface area (Å²) in [6.45, 7) is 10.8. The maximum atomic E-state index is 5.46. The Morgan fingerprint density at radius 3 is 2.39 bits per heavy atom. The number of piperazine rings is 1. The van der Waals surface area contributed by atoms with Crippen molar-refractivity contribution in [3.63, 3.8) is 0 Å². The van der Waals surface area contributed by atoms with E-state index in [4.69, 9.17) is 9.72 Å². The van der Waals surface area contributed by atoms with Crippen molar-refractivity contribution in [1.29, 1.82) is 0 Å². The van der Waals surface area contributed by atoms with Crippen LogP contribution in [0.5, 0.6) is 0 Å². The monoisotopic (exact) mass is 381 g/mol. The normalized spacial score (nSPS) is 18.5. The highest BCUT2D eigenvalue weighted by molar-refractivity contribution is 5.46. The predicted molar refractivity (Wildman–Crippen MR) is 113 cm³/mol. The van der Waals surface area contributed by atoms with Gasteiger partial charge in [0.2, 0.25) is 5.95 Å². The number of nitrogens with zero attached hydrogens (tertiary/aromatic N) is 5. The van der Waals surface area contributed by atoms with Crippen LogP contribution < -0.4 is 9.80 Å². The fourth-order valence-electron chi connectivity index (χ4n) is 3.96. The van der Waals surface area contributed by atoms with E-state index in [2.05, 4.69) is 63.0 Å². The van der Waals surface area contributed by atoms with E-state index >= 15 is 0 Å². The van der Waals surface area contributed by atoms with Crippen molar-refractivity contribution in [1.82, 2.24) is 14.9 Å². The van der Waals surface area contributed by atoms with E-state index in [1.54, 1.807) is 0 Å². The molecule has 0 atom stereocenters. The van der Waals surface area contributed by atoms with Crippen LogP contribution in [0, 0.1) is 6.92 Å². The third-order valence-electron chi connectivity index (χ3n) is 5.60. The lowest BCUT2D eigenvalue weighted by Gasteiger charge is -2.36. The molecule has 2 aromatic rings. The van der Waals surface area contributed by atoms with Gasteiger partial charge in [0.1, 0.15) is 5.82 Å². The summed E-state index contributed by atoms with van der Waals surface area (Å²) in [6.07, 6.45) is 2.38. The molecule has 4 rings (SSSR count). The zero-order chi connectivity index (χ0) is 19.2. The molecule has 28 heavy (non-hydrogen) atoms. The molecule has 0 radical (unpaired) electrons. The van der Waals surface area contributed by atoms with Crippen LogP contribution in [-0.2, 0) is 11.2 Å². The highest BCUT2D eigenvalue weighted by atomic mass is 16.5. The number of hydrogen-bond acceptors (Lipinski definition) is 6. The van der Waals surface area contributed by atoms with Crippen molar-refractivity contribution in [2.45, 2.75) is 19.8 Å². The number of aryl methyl sites for hydroxylation is 2. The minimum Gasteiger partial charge on any atom is -0.378 e. The van der Waals surface area contributed by atoms with E-state index in [1.165, 1.54) is 18.5 Å². The Morgan fingerprint density at radius 2 is 1.64 bits per heavy atom. The molecule has 6 heteroatoms. The van der Waals surface area contributed by atoms with E-state index in [1.807, 2.05) is 0 Å². The van der Waals surface area contributed by atoms with Crippen molar-refractivity contribution < 1.29 is 4.74 Å². The van der Waals surface area contributed by atoms with Crippen LogP contribution in [0.3, 0.4) is 0 Å². The maximum absolute atomic E-state index is 5.46. The summed E-state index contributed by atoms with van der Waals surface area (Å²) in [5.41, 5.74) is 2.48. The number of aromatic nitrogens is 2. The first-order valence-corrected chi connectivity index (χ1v) is 10.5. The Bertz CT molecular complexity index is 740. The summed E-state index contributed by atoms with van der Waals surface area (Å²) in [6, 6.07) is 12.9. The van der Waals surface area contributed by atoms with Gasteiger partial charge in [-0.05, 0) is 31.9 Å². The smallest absolute Gasteiger partial charge is 0.227 e.